The molecule has 0 atom stereocenters. The number of pyridine rings is 1. The summed E-state index contributed by atoms with van der Waals surface area (Å²) in [5, 5.41) is 7.87. The first-order valence-electron chi connectivity index (χ1n) is 12.0. The van der Waals surface area contributed by atoms with E-state index in [2.05, 4.69) is 27.0 Å². The lowest BCUT2D eigenvalue weighted by Gasteiger charge is -2.39. The second kappa shape index (κ2) is 10.1. The van der Waals surface area contributed by atoms with Crippen molar-refractivity contribution in [3.63, 3.8) is 0 Å². The van der Waals surface area contributed by atoms with E-state index in [1.807, 2.05) is 40.1 Å². The molecule has 0 spiro atoms. The lowest BCUT2D eigenvalue weighted by atomic mass is 9.94. The number of carbonyl (C=O) groups is 2. The van der Waals surface area contributed by atoms with E-state index < -0.39 is 0 Å². The highest BCUT2D eigenvalue weighted by Gasteiger charge is 2.32. The molecule has 8 nitrogen and oxygen atoms in total. The highest BCUT2D eigenvalue weighted by atomic mass is 35.5. The van der Waals surface area contributed by atoms with Crippen LogP contribution in [0.4, 0.5) is 5.69 Å². The SMILES string of the molecule is Cc1ccc(Cl)cc1N1CCN(C(=O)C2CCN(C(=O)c3cc(-c4ccncc4)n[nH]3)CC2)CC1. The Morgan fingerprint density at radius 1 is 0.943 bits per heavy atom. The van der Waals surface area contributed by atoms with Gasteiger partial charge in [-0.05, 0) is 55.7 Å². The van der Waals surface area contributed by atoms with Crippen molar-refractivity contribution in [3.8, 4) is 11.3 Å². The summed E-state index contributed by atoms with van der Waals surface area (Å²) in [6.07, 6.45) is 4.77. The summed E-state index contributed by atoms with van der Waals surface area (Å²) in [5.74, 6) is 0.0999. The number of likely N-dealkylation sites (tertiary alicyclic amines) is 1. The van der Waals surface area contributed by atoms with E-state index in [-0.39, 0.29) is 17.7 Å². The zero-order valence-electron chi connectivity index (χ0n) is 19.8. The van der Waals surface area contributed by atoms with E-state index in [1.165, 1.54) is 5.56 Å². The van der Waals surface area contributed by atoms with E-state index in [9.17, 15) is 9.59 Å². The number of nitrogens with one attached hydrogen (secondary N) is 1. The fourth-order valence-electron chi connectivity index (χ4n) is 4.95. The molecular weight excluding hydrogens is 464 g/mol. The van der Waals surface area contributed by atoms with Crippen LogP contribution in [0.15, 0.2) is 48.8 Å². The van der Waals surface area contributed by atoms with Gasteiger partial charge in [0.1, 0.15) is 5.69 Å². The molecule has 0 saturated carbocycles. The average molecular weight is 493 g/mol. The number of hydrogen-bond acceptors (Lipinski definition) is 5. The molecule has 2 aromatic heterocycles. The summed E-state index contributed by atoms with van der Waals surface area (Å²) in [4.78, 5) is 36.3. The van der Waals surface area contributed by atoms with Crippen molar-refractivity contribution in [2.24, 2.45) is 5.92 Å². The van der Waals surface area contributed by atoms with E-state index in [0.29, 0.717) is 50.4 Å². The first-order chi connectivity index (χ1) is 17.0. The molecule has 2 saturated heterocycles. The Kier molecular flexibility index (Phi) is 6.72. The first-order valence-corrected chi connectivity index (χ1v) is 12.4. The molecule has 35 heavy (non-hydrogen) atoms. The van der Waals surface area contributed by atoms with Crippen LogP contribution >= 0.6 is 11.6 Å². The fourth-order valence-corrected chi connectivity index (χ4v) is 5.12. The van der Waals surface area contributed by atoms with Gasteiger partial charge in [-0.3, -0.25) is 19.7 Å². The van der Waals surface area contributed by atoms with Gasteiger partial charge in [0.2, 0.25) is 5.91 Å². The number of benzene rings is 1. The van der Waals surface area contributed by atoms with E-state index in [4.69, 9.17) is 11.6 Å². The minimum Gasteiger partial charge on any atom is -0.368 e. The monoisotopic (exact) mass is 492 g/mol. The molecule has 0 aliphatic carbocycles. The minimum absolute atomic E-state index is 0.0346. The average Bonchev–Trinajstić information content (AvgIpc) is 3.40. The molecule has 2 amide bonds. The lowest BCUT2D eigenvalue weighted by Crippen LogP contribution is -2.52. The number of hydrogen-bond donors (Lipinski definition) is 1. The van der Waals surface area contributed by atoms with Gasteiger partial charge in [-0.2, -0.15) is 5.10 Å². The van der Waals surface area contributed by atoms with Crippen molar-refractivity contribution in [1.29, 1.82) is 0 Å². The van der Waals surface area contributed by atoms with Gasteiger partial charge in [-0.15, -0.1) is 0 Å². The molecular formula is C26H29ClN6O2. The maximum atomic E-state index is 13.2. The maximum Gasteiger partial charge on any atom is 0.271 e. The van der Waals surface area contributed by atoms with Crippen LogP contribution in [0.2, 0.25) is 5.02 Å². The van der Waals surface area contributed by atoms with Crippen molar-refractivity contribution in [2.75, 3.05) is 44.2 Å². The number of aromatic nitrogens is 3. The Hall–Kier alpha value is -3.39. The van der Waals surface area contributed by atoms with Crippen LogP contribution in [0.3, 0.4) is 0 Å². The summed E-state index contributed by atoms with van der Waals surface area (Å²) in [7, 11) is 0. The zero-order valence-corrected chi connectivity index (χ0v) is 20.5. The standard InChI is InChI=1S/C26H29ClN6O2/c1-18-2-3-21(27)16-24(18)31-12-14-33(15-13-31)25(34)20-6-10-32(11-7-20)26(35)23-17-22(29-30-23)19-4-8-28-9-5-19/h2-5,8-9,16-17,20H,6-7,10-15H2,1H3,(H,29,30). The molecule has 0 radical (unpaired) electrons. The molecule has 4 heterocycles. The Labute approximate surface area is 209 Å². The van der Waals surface area contributed by atoms with Crippen LogP contribution in [0.5, 0.6) is 0 Å². The molecule has 2 aliphatic rings. The van der Waals surface area contributed by atoms with Crippen LogP contribution in [-0.2, 0) is 4.79 Å². The van der Waals surface area contributed by atoms with Gasteiger partial charge in [0.15, 0.2) is 0 Å². The molecule has 182 valence electrons. The van der Waals surface area contributed by atoms with Crippen LogP contribution in [0, 0.1) is 12.8 Å². The second-order valence-electron chi connectivity index (χ2n) is 9.21. The topological polar surface area (TPSA) is 85.4 Å². The van der Waals surface area contributed by atoms with Crippen LogP contribution < -0.4 is 4.90 Å². The molecule has 5 rings (SSSR count). The Morgan fingerprint density at radius 2 is 1.66 bits per heavy atom. The Bertz CT molecular complexity index is 1200. The van der Waals surface area contributed by atoms with Gasteiger partial charge in [0.25, 0.3) is 5.91 Å². The Morgan fingerprint density at radius 3 is 2.37 bits per heavy atom. The normalized spacial score (nSPS) is 17.0. The highest BCUT2D eigenvalue weighted by Crippen LogP contribution is 2.27. The van der Waals surface area contributed by atoms with Crippen molar-refractivity contribution >= 4 is 29.1 Å². The zero-order chi connectivity index (χ0) is 24.4. The number of aromatic amines is 1. The number of carbonyl (C=O) groups excluding carboxylic acids is 2. The quantitative estimate of drug-likeness (QED) is 0.601. The summed E-state index contributed by atoms with van der Waals surface area (Å²) in [6, 6.07) is 11.4. The number of rotatable bonds is 4. The van der Waals surface area contributed by atoms with Crippen LogP contribution in [-0.4, -0.2) is 76.1 Å². The van der Waals surface area contributed by atoms with Crippen LogP contribution in [0.25, 0.3) is 11.3 Å². The number of piperidine rings is 1. The largest absolute Gasteiger partial charge is 0.368 e. The second-order valence-corrected chi connectivity index (χ2v) is 9.65. The van der Waals surface area contributed by atoms with Crippen LogP contribution in [0.1, 0.15) is 28.9 Å². The number of halogens is 1. The summed E-state index contributed by atoms with van der Waals surface area (Å²) >= 11 is 6.19. The molecule has 3 aromatic rings. The van der Waals surface area contributed by atoms with E-state index in [0.717, 1.165) is 29.4 Å². The van der Waals surface area contributed by atoms with Crippen molar-refractivity contribution < 1.29 is 9.59 Å². The summed E-state index contributed by atoms with van der Waals surface area (Å²) in [6.45, 7) is 6.22. The van der Waals surface area contributed by atoms with Gasteiger partial charge in [-0.25, -0.2) is 0 Å². The third kappa shape index (κ3) is 5.03. The van der Waals surface area contributed by atoms with Crippen molar-refractivity contribution in [3.05, 3.63) is 65.1 Å². The molecule has 9 heteroatoms. The van der Waals surface area contributed by atoms with Gasteiger partial charge < -0.3 is 14.7 Å². The third-order valence-corrected chi connectivity index (χ3v) is 7.25. The number of amides is 2. The van der Waals surface area contributed by atoms with Crippen molar-refractivity contribution in [2.45, 2.75) is 19.8 Å². The first kappa shape index (κ1) is 23.4. The molecule has 0 unspecified atom stereocenters. The summed E-state index contributed by atoms with van der Waals surface area (Å²) in [5.41, 5.74) is 4.42. The third-order valence-electron chi connectivity index (χ3n) is 7.02. The van der Waals surface area contributed by atoms with E-state index >= 15 is 0 Å². The smallest absolute Gasteiger partial charge is 0.271 e. The van der Waals surface area contributed by atoms with Gasteiger partial charge in [0, 0.05) is 73.9 Å². The van der Waals surface area contributed by atoms with Gasteiger partial charge >= 0.3 is 0 Å². The number of anilines is 1. The number of piperazine rings is 1. The van der Waals surface area contributed by atoms with Gasteiger partial charge in [0.05, 0.1) is 5.69 Å². The number of H-pyrrole nitrogens is 1. The number of aryl methyl sites for hydroxylation is 1. The highest BCUT2D eigenvalue weighted by molar-refractivity contribution is 6.30. The molecule has 2 aliphatic heterocycles. The van der Waals surface area contributed by atoms with Crippen molar-refractivity contribution in [1.82, 2.24) is 25.0 Å². The number of nitrogens with zero attached hydrogens (tertiary/aromatic N) is 5. The molecule has 1 aromatic carbocycles. The predicted molar refractivity (Wildman–Crippen MR) is 135 cm³/mol. The molecule has 1 N–H and O–H groups in total. The fraction of sp³-hybridized carbons (Fsp3) is 0.385. The Balaban J connectivity index is 1.13. The summed E-state index contributed by atoms with van der Waals surface area (Å²) < 4.78 is 0. The minimum atomic E-state index is -0.0748. The lowest BCUT2D eigenvalue weighted by molar-refractivity contribution is -0.137. The maximum absolute atomic E-state index is 13.2. The molecule has 2 fully saturated rings. The van der Waals surface area contributed by atoms with Gasteiger partial charge in [-0.1, -0.05) is 17.7 Å². The molecule has 0 bridgehead atoms. The predicted octanol–water partition coefficient (Wildman–Crippen LogP) is 3.63. The van der Waals surface area contributed by atoms with E-state index in [1.54, 1.807) is 18.5 Å².